The minimum Gasteiger partial charge on any atom is -0.544 e. The van der Waals surface area contributed by atoms with E-state index in [1.54, 1.807) is 24.3 Å². The first-order chi connectivity index (χ1) is 12.7. The van der Waals surface area contributed by atoms with Crippen molar-refractivity contribution >= 4 is 8.32 Å². The van der Waals surface area contributed by atoms with Crippen LogP contribution < -0.4 is 4.43 Å². The topological polar surface area (TPSA) is 49.7 Å². The fourth-order valence-corrected chi connectivity index (χ4v) is 4.14. The van der Waals surface area contributed by atoms with Gasteiger partial charge in [0.25, 0.3) is 0 Å². The van der Waals surface area contributed by atoms with E-state index in [0.29, 0.717) is 0 Å². The maximum absolute atomic E-state index is 9.70. The summed E-state index contributed by atoms with van der Waals surface area (Å²) in [6.07, 6.45) is 0. The zero-order valence-electron chi connectivity index (χ0n) is 16.2. The van der Waals surface area contributed by atoms with Gasteiger partial charge in [-0.1, -0.05) is 36.4 Å². The lowest BCUT2D eigenvalue weighted by molar-refractivity contribution is 0.474. The number of rotatable bonds is 5. The van der Waals surface area contributed by atoms with Crippen LogP contribution in [0.1, 0.15) is 23.6 Å². The molecule has 0 spiro atoms. The average Bonchev–Trinajstić information content (AvgIpc) is 2.61. The maximum Gasteiger partial charge on any atom is 0.242 e. The summed E-state index contributed by atoms with van der Waals surface area (Å²) in [5.74, 6) is 1.37. The summed E-state index contributed by atoms with van der Waals surface area (Å²) in [4.78, 5) is 0. The molecule has 0 radical (unpaired) electrons. The van der Waals surface area contributed by atoms with E-state index >= 15 is 0 Å². The van der Waals surface area contributed by atoms with Crippen LogP contribution in [0.5, 0.6) is 17.2 Å². The first kappa shape index (κ1) is 19.0. The second-order valence-corrected chi connectivity index (χ2v) is 12.4. The third-order valence-electron chi connectivity index (χ3n) is 4.75. The third-order valence-corrected chi connectivity index (χ3v) is 5.59. The Labute approximate surface area is 162 Å². The Morgan fingerprint density at radius 3 is 1.30 bits per heavy atom. The van der Waals surface area contributed by atoms with Crippen molar-refractivity contribution in [1.82, 2.24) is 0 Å². The van der Waals surface area contributed by atoms with Gasteiger partial charge in [-0.2, -0.15) is 0 Å². The summed E-state index contributed by atoms with van der Waals surface area (Å²) in [5, 5.41) is 19.4. The molecule has 0 saturated heterocycles. The summed E-state index contributed by atoms with van der Waals surface area (Å²) in [6, 6.07) is 22.8. The van der Waals surface area contributed by atoms with Crippen molar-refractivity contribution in [2.24, 2.45) is 0 Å². The van der Waals surface area contributed by atoms with Gasteiger partial charge >= 0.3 is 0 Å². The van der Waals surface area contributed by atoms with Gasteiger partial charge in [-0.3, -0.25) is 0 Å². The molecule has 3 aromatic carbocycles. The molecule has 0 amide bonds. The van der Waals surface area contributed by atoms with E-state index in [4.69, 9.17) is 4.43 Å². The fraction of sp³-hybridized carbons (Fsp3) is 0.217. The fourth-order valence-electron chi connectivity index (χ4n) is 3.30. The second kappa shape index (κ2) is 7.12. The van der Waals surface area contributed by atoms with Gasteiger partial charge < -0.3 is 14.6 Å². The summed E-state index contributed by atoms with van der Waals surface area (Å²) >= 11 is 0. The normalized spacial score (nSPS) is 12.0. The van der Waals surface area contributed by atoms with Crippen LogP contribution in [0, 0.1) is 0 Å². The van der Waals surface area contributed by atoms with Crippen LogP contribution in [0.25, 0.3) is 0 Å². The Morgan fingerprint density at radius 1 is 0.630 bits per heavy atom. The lowest BCUT2D eigenvalue weighted by Gasteiger charge is -2.32. The average molecular weight is 379 g/mol. The highest BCUT2D eigenvalue weighted by atomic mass is 28.4. The van der Waals surface area contributed by atoms with Crippen LogP contribution in [-0.2, 0) is 5.41 Å². The molecule has 3 aromatic rings. The molecular weight excluding hydrogens is 352 g/mol. The molecular formula is C23H26O3Si. The van der Waals surface area contributed by atoms with Gasteiger partial charge in [0.1, 0.15) is 17.2 Å². The number of phenols is 2. The van der Waals surface area contributed by atoms with E-state index in [9.17, 15) is 10.2 Å². The van der Waals surface area contributed by atoms with Crippen LogP contribution in [0.15, 0.2) is 72.8 Å². The predicted molar refractivity (Wildman–Crippen MR) is 112 cm³/mol. The number of hydrogen-bond donors (Lipinski definition) is 2. The summed E-state index contributed by atoms with van der Waals surface area (Å²) in [6.45, 7) is 8.65. The number of aromatic hydroxyl groups is 2. The first-order valence-corrected chi connectivity index (χ1v) is 12.5. The van der Waals surface area contributed by atoms with Crippen LogP contribution in [0.4, 0.5) is 0 Å². The second-order valence-electron chi connectivity index (χ2n) is 7.96. The Kier molecular flexibility index (Phi) is 5.02. The molecule has 0 aliphatic rings. The molecule has 0 heterocycles. The molecule has 0 unspecified atom stereocenters. The Hall–Kier alpha value is -2.72. The van der Waals surface area contributed by atoms with Crippen molar-refractivity contribution in [2.45, 2.75) is 32.0 Å². The van der Waals surface area contributed by atoms with Gasteiger partial charge in [0.05, 0.1) is 0 Å². The highest BCUT2D eigenvalue weighted by Gasteiger charge is 2.31. The van der Waals surface area contributed by atoms with Gasteiger partial charge in [0.2, 0.25) is 8.32 Å². The summed E-state index contributed by atoms with van der Waals surface area (Å²) in [5.41, 5.74) is 2.80. The minimum absolute atomic E-state index is 0.241. The predicted octanol–water partition coefficient (Wildman–Crippen LogP) is 5.67. The highest BCUT2D eigenvalue weighted by Crippen LogP contribution is 2.40. The molecule has 0 bridgehead atoms. The summed E-state index contributed by atoms with van der Waals surface area (Å²) < 4.78 is 6.08. The molecule has 27 heavy (non-hydrogen) atoms. The molecule has 0 aliphatic carbocycles. The van der Waals surface area contributed by atoms with Gasteiger partial charge in [-0.05, 0) is 79.7 Å². The van der Waals surface area contributed by atoms with Gasteiger partial charge in [-0.25, -0.2) is 0 Å². The molecule has 3 rings (SSSR count). The molecule has 0 fully saturated rings. The largest absolute Gasteiger partial charge is 0.544 e. The third kappa shape index (κ3) is 4.17. The number of benzene rings is 3. The molecule has 140 valence electrons. The van der Waals surface area contributed by atoms with Crippen LogP contribution >= 0.6 is 0 Å². The van der Waals surface area contributed by atoms with E-state index in [1.807, 2.05) is 36.4 Å². The monoisotopic (exact) mass is 378 g/mol. The van der Waals surface area contributed by atoms with Crippen molar-refractivity contribution in [2.75, 3.05) is 0 Å². The van der Waals surface area contributed by atoms with Crippen molar-refractivity contribution < 1.29 is 14.6 Å². The van der Waals surface area contributed by atoms with Gasteiger partial charge in [-0.15, -0.1) is 0 Å². The van der Waals surface area contributed by atoms with Crippen molar-refractivity contribution in [3.8, 4) is 17.2 Å². The standard InChI is InChI=1S/C23H26O3Si/c1-23(17-5-11-20(24)12-6-17,18-7-13-21(25)14-8-18)19-9-15-22(16-10-19)26-27(2,3)4/h5-16,24-25H,1-4H3. The Bertz CT molecular complexity index is 847. The smallest absolute Gasteiger partial charge is 0.242 e. The van der Waals surface area contributed by atoms with Crippen LogP contribution in [-0.4, -0.2) is 18.5 Å². The quantitative estimate of drug-likeness (QED) is 0.444. The molecule has 3 nitrogen and oxygen atoms in total. The van der Waals surface area contributed by atoms with E-state index in [-0.39, 0.29) is 11.5 Å². The van der Waals surface area contributed by atoms with E-state index < -0.39 is 13.7 Å². The minimum atomic E-state index is -1.66. The first-order valence-electron chi connectivity index (χ1n) is 9.07. The SMILES string of the molecule is CC(c1ccc(O)cc1)(c1ccc(O)cc1)c1ccc(O[Si](C)(C)C)cc1. The molecule has 0 aliphatic heterocycles. The lowest BCUT2D eigenvalue weighted by atomic mass is 9.71. The number of hydrogen-bond acceptors (Lipinski definition) is 3. The molecule has 2 N–H and O–H groups in total. The lowest BCUT2D eigenvalue weighted by Crippen LogP contribution is -2.29. The van der Waals surface area contributed by atoms with Crippen LogP contribution in [0.3, 0.4) is 0 Å². The zero-order valence-corrected chi connectivity index (χ0v) is 17.2. The molecule has 4 heteroatoms. The van der Waals surface area contributed by atoms with E-state index in [1.165, 1.54) is 0 Å². The van der Waals surface area contributed by atoms with Crippen LogP contribution in [0.2, 0.25) is 19.6 Å². The molecule has 0 atom stereocenters. The Balaban J connectivity index is 2.09. The molecule has 0 saturated carbocycles. The number of phenolic OH excluding ortho intramolecular Hbond substituents is 2. The van der Waals surface area contributed by atoms with Gasteiger partial charge in [0, 0.05) is 5.41 Å². The molecule has 0 aromatic heterocycles. The summed E-state index contributed by atoms with van der Waals surface area (Å²) in [7, 11) is -1.66. The Morgan fingerprint density at radius 2 is 0.963 bits per heavy atom. The zero-order chi connectivity index (χ0) is 19.7. The van der Waals surface area contributed by atoms with Crippen molar-refractivity contribution in [3.63, 3.8) is 0 Å². The van der Waals surface area contributed by atoms with Gasteiger partial charge in [0.15, 0.2) is 0 Å². The van der Waals surface area contributed by atoms with Crippen molar-refractivity contribution in [1.29, 1.82) is 0 Å². The van der Waals surface area contributed by atoms with E-state index in [2.05, 4.69) is 38.7 Å². The maximum atomic E-state index is 9.70. The highest BCUT2D eigenvalue weighted by molar-refractivity contribution is 6.70. The van der Waals surface area contributed by atoms with E-state index in [0.717, 1.165) is 22.4 Å². The van der Waals surface area contributed by atoms with Crippen molar-refractivity contribution in [3.05, 3.63) is 89.5 Å².